The van der Waals surface area contributed by atoms with E-state index in [0.717, 1.165) is 29.6 Å². The van der Waals surface area contributed by atoms with Crippen LogP contribution in [0.2, 0.25) is 0 Å². The van der Waals surface area contributed by atoms with Crippen molar-refractivity contribution in [1.82, 2.24) is 0 Å². The second kappa shape index (κ2) is 4.23. The summed E-state index contributed by atoms with van der Waals surface area (Å²) in [7, 11) is 0. The molecule has 1 N–H and O–H groups in total. The van der Waals surface area contributed by atoms with Gasteiger partial charge in [-0.15, -0.1) is 0 Å². The zero-order valence-corrected chi connectivity index (χ0v) is 11.8. The van der Waals surface area contributed by atoms with Crippen LogP contribution in [0, 0.1) is 35.0 Å². The first kappa shape index (κ1) is 12.2. The Morgan fingerprint density at radius 3 is 1.95 bits per heavy atom. The van der Waals surface area contributed by atoms with E-state index in [2.05, 4.69) is 0 Å². The molecular formula is C17H26O2. The molecule has 0 aromatic heterocycles. The summed E-state index contributed by atoms with van der Waals surface area (Å²) in [4.78, 5) is 11.4. The first-order valence-electron chi connectivity index (χ1n) is 8.38. The van der Waals surface area contributed by atoms with Crippen LogP contribution in [0.25, 0.3) is 0 Å². The Kier molecular flexibility index (Phi) is 2.72. The number of hydrogen-bond donors (Lipinski definition) is 1. The molecule has 5 rings (SSSR count). The van der Waals surface area contributed by atoms with Gasteiger partial charge in [0.1, 0.15) is 0 Å². The molecule has 0 unspecified atom stereocenters. The summed E-state index contributed by atoms with van der Waals surface area (Å²) >= 11 is 0. The van der Waals surface area contributed by atoms with E-state index in [-0.39, 0.29) is 5.41 Å². The standard InChI is InChI=1S/C17H26O2/c18-15(19)10-17(3-1-2-4-17)16-13-6-11-5-12(8-13)9-14(16)7-11/h11-14,16H,1-10H2,(H,18,19). The largest absolute Gasteiger partial charge is 0.481 e. The van der Waals surface area contributed by atoms with Gasteiger partial charge in [-0.2, -0.15) is 0 Å². The third kappa shape index (κ3) is 1.86. The van der Waals surface area contributed by atoms with Crippen LogP contribution in [-0.2, 0) is 4.79 Å². The number of carbonyl (C=O) groups is 1. The van der Waals surface area contributed by atoms with Gasteiger partial charge in [0.25, 0.3) is 0 Å². The van der Waals surface area contributed by atoms with E-state index in [9.17, 15) is 9.90 Å². The molecule has 0 atom stereocenters. The molecule has 5 aliphatic carbocycles. The lowest BCUT2D eigenvalue weighted by Crippen LogP contribution is -2.51. The summed E-state index contributed by atoms with van der Waals surface area (Å²) in [5, 5.41) is 9.39. The molecule has 0 heterocycles. The Hall–Kier alpha value is -0.530. The molecule has 0 saturated heterocycles. The molecule has 0 amide bonds. The van der Waals surface area contributed by atoms with Crippen LogP contribution >= 0.6 is 0 Å². The van der Waals surface area contributed by atoms with Gasteiger partial charge in [-0.1, -0.05) is 12.8 Å². The Bertz CT molecular complexity index is 353. The minimum atomic E-state index is -0.546. The molecule has 0 aromatic rings. The average Bonchev–Trinajstić information content (AvgIpc) is 2.75. The summed E-state index contributed by atoms with van der Waals surface area (Å²) in [6.45, 7) is 0. The van der Waals surface area contributed by atoms with Crippen molar-refractivity contribution in [2.75, 3.05) is 0 Å². The number of carboxylic acids is 1. The molecule has 106 valence electrons. The fraction of sp³-hybridized carbons (Fsp3) is 0.941. The van der Waals surface area contributed by atoms with Gasteiger partial charge in [0.05, 0.1) is 6.42 Å². The molecule has 0 aromatic carbocycles. The summed E-state index contributed by atoms with van der Waals surface area (Å²) < 4.78 is 0. The van der Waals surface area contributed by atoms with Gasteiger partial charge in [0.15, 0.2) is 0 Å². The maximum Gasteiger partial charge on any atom is 0.303 e. The number of hydrogen-bond acceptors (Lipinski definition) is 1. The summed E-state index contributed by atoms with van der Waals surface area (Å²) in [5.74, 6) is 3.99. The van der Waals surface area contributed by atoms with Gasteiger partial charge in [0.2, 0.25) is 0 Å². The van der Waals surface area contributed by atoms with Gasteiger partial charge in [-0.25, -0.2) is 0 Å². The molecule has 0 spiro atoms. The van der Waals surface area contributed by atoms with Crippen LogP contribution < -0.4 is 0 Å². The van der Waals surface area contributed by atoms with Crippen LogP contribution in [0.4, 0.5) is 0 Å². The van der Waals surface area contributed by atoms with Crippen LogP contribution in [0.3, 0.4) is 0 Å². The van der Waals surface area contributed by atoms with Gasteiger partial charge >= 0.3 is 5.97 Å². The Labute approximate surface area is 116 Å². The maximum absolute atomic E-state index is 11.4. The topological polar surface area (TPSA) is 37.3 Å². The molecular weight excluding hydrogens is 236 g/mol. The first-order chi connectivity index (χ1) is 9.16. The predicted molar refractivity (Wildman–Crippen MR) is 73.7 cm³/mol. The lowest BCUT2D eigenvalue weighted by Gasteiger charge is -2.59. The van der Waals surface area contributed by atoms with Crippen LogP contribution in [0.15, 0.2) is 0 Å². The van der Waals surface area contributed by atoms with Crippen molar-refractivity contribution in [2.45, 2.75) is 64.2 Å². The lowest BCUT2D eigenvalue weighted by atomic mass is 9.46. The van der Waals surface area contributed by atoms with E-state index >= 15 is 0 Å². The van der Waals surface area contributed by atoms with E-state index in [4.69, 9.17) is 0 Å². The third-order valence-corrected chi connectivity index (χ3v) is 7.04. The van der Waals surface area contributed by atoms with Crippen molar-refractivity contribution in [1.29, 1.82) is 0 Å². The van der Waals surface area contributed by atoms with Gasteiger partial charge in [-0.3, -0.25) is 4.79 Å². The highest BCUT2D eigenvalue weighted by molar-refractivity contribution is 5.67. The van der Waals surface area contributed by atoms with Gasteiger partial charge in [-0.05, 0) is 80.0 Å². The molecule has 2 heteroatoms. The van der Waals surface area contributed by atoms with Gasteiger partial charge < -0.3 is 5.11 Å². The highest BCUT2D eigenvalue weighted by Crippen LogP contribution is 2.64. The van der Waals surface area contributed by atoms with Crippen molar-refractivity contribution >= 4 is 5.97 Å². The molecule has 5 aliphatic rings. The minimum Gasteiger partial charge on any atom is -0.481 e. The van der Waals surface area contributed by atoms with E-state index in [1.54, 1.807) is 0 Å². The fourth-order valence-corrected chi connectivity index (χ4v) is 6.93. The van der Waals surface area contributed by atoms with Crippen LogP contribution in [0.1, 0.15) is 64.2 Å². The van der Waals surface area contributed by atoms with Crippen molar-refractivity contribution in [2.24, 2.45) is 35.0 Å². The quantitative estimate of drug-likeness (QED) is 0.831. The summed E-state index contributed by atoms with van der Waals surface area (Å²) in [5.41, 5.74) is 0.189. The van der Waals surface area contributed by atoms with Crippen LogP contribution in [-0.4, -0.2) is 11.1 Å². The predicted octanol–water partition coefficient (Wildman–Crippen LogP) is 4.09. The third-order valence-electron chi connectivity index (χ3n) is 7.04. The van der Waals surface area contributed by atoms with Crippen molar-refractivity contribution < 1.29 is 9.90 Å². The molecule has 4 bridgehead atoms. The van der Waals surface area contributed by atoms with Gasteiger partial charge in [0, 0.05) is 0 Å². The summed E-state index contributed by atoms with van der Waals surface area (Å²) in [6.07, 6.45) is 12.6. The highest BCUT2D eigenvalue weighted by atomic mass is 16.4. The Morgan fingerprint density at radius 1 is 0.947 bits per heavy atom. The second-order valence-electron chi connectivity index (χ2n) is 8.10. The van der Waals surface area contributed by atoms with E-state index < -0.39 is 5.97 Å². The smallest absolute Gasteiger partial charge is 0.303 e. The fourth-order valence-electron chi connectivity index (χ4n) is 6.93. The second-order valence-corrected chi connectivity index (χ2v) is 8.10. The zero-order chi connectivity index (χ0) is 13.0. The molecule has 0 radical (unpaired) electrons. The SMILES string of the molecule is O=C(O)CC1(C2C3CC4CC(C3)CC2C4)CCCC1. The monoisotopic (exact) mass is 262 g/mol. The molecule has 19 heavy (non-hydrogen) atoms. The van der Waals surface area contributed by atoms with Crippen molar-refractivity contribution in [3.8, 4) is 0 Å². The highest BCUT2D eigenvalue weighted by Gasteiger charge is 2.56. The van der Waals surface area contributed by atoms with Crippen molar-refractivity contribution in [3.05, 3.63) is 0 Å². The Morgan fingerprint density at radius 2 is 1.47 bits per heavy atom. The first-order valence-corrected chi connectivity index (χ1v) is 8.38. The zero-order valence-electron chi connectivity index (χ0n) is 11.8. The number of rotatable bonds is 3. The van der Waals surface area contributed by atoms with E-state index in [1.807, 2.05) is 0 Å². The Balaban J connectivity index is 1.64. The number of aliphatic carboxylic acids is 1. The molecule has 0 aliphatic heterocycles. The van der Waals surface area contributed by atoms with E-state index in [0.29, 0.717) is 6.42 Å². The average molecular weight is 262 g/mol. The van der Waals surface area contributed by atoms with Crippen molar-refractivity contribution in [3.63, 3.8) is 0 Å². The van der Waals surface area contributed by atoms with Crippen LogP contribution in [0.5, 0.6) is 0 Å². The normalized spacial score (nSPS) is 46.6. The molecule has 5 saturated carbocycles. The summed E-state index contributed by atoms with van der Waals surface area (Å²) in [6, 6.07) is 0. The maximum atomic E-state index is 11.4. The minimum absolute atomic E-state index is 0.189. The van der Waals surface area contributed by atoms with E-state index in [1.165, 1.54) is 57.8 Å². The molecule has 2 nitrogen and oxygen atoms in total. The molecule has 5 fully saturated rings. The number of carboxylic acid groups (broad SMARTS) is 1. The lowest BCUT2D eigenvalue weighted by molar-refractivity contribution is -0.147.